The number of nitrogens with zero attached hydrogens (tertiary/aromatic N) is 3. The molecule has 25 heavy (non-hydrogen) atoms. The van der Waals surface area contributed by atoms with Crippen LogP contribution in [-0.2, 0) is 16.1 Å². The lowest BCUT2D eigenvalue weighted by Crippen LogP contribution is -2.35. The second-order valence-corrected chi connectivity index (χ2v) is 5.84. The van der Waals surface area contributed by atoms with Gasteiger partial charge in [0, 0.05) is 20.0 Å². The van der Waals surface area contributed by atoms with Crippen LogP contribution >= 0.6 is 0 Å². The van der Waals surface area contributed by atoms with Crippen molar-refractivity contribution in [2.24, 2.45) is 0 Å². The lowest BCUT2D eigenvalue weighted by atomic mass is 10.3. The van der Waals surface area contributed by atoms with Gasteiger partial charge in [-0.3, -0.25) is 9.59 Å². The number of carbonyl (C=O) groups is 2. The van der Waals surface area contributed by atoms with Gasteiger partial charge in [0.05, 0.1) is 17.1 Å². The van der Waals surface area contributed by atoms with E-state index in [-0.39, 0.29) is 24.4 Å². The third-order valence-electron chi connectivity index (χ3n) is 3.84. The van der Waals surface area contributed by atoms with Crippen molar-refractivity contribution in [2.45, 2.75) is 26.4 Å². The summed E-state index contributed by atoms with van der Waals surface area (Å²) in [6, 6.07) is 7.32. The molecule has 0 saturated carbocycles. The third kappa shape index (κ3) is 4.35. The van der Waals surface area contributed by atoms with Crippen molar-refractivity contribution in [1.82, 2.24) is 19.8 Å². The molecule has 132 valence electrons. The summed E-state index contributed by atoms with van der Waals surface area (Å²) in [5, 5.41) is 2.83. The highest BCUT2D eigenvalue weighted by molar-refractivity contribution is 5.81. The highest BCUT2D eigenvalue weighted by Gasteiger charge is 2.20. The minimum atomic E-state index is -0.301. The van der Waals surface area contributed by atoms with Crippen LogP contribution in [0.15, 0.2) is 49.6 Å². The smallest absolute Gasteiger partial charge is 0.243 e. The van der Waals surface area contributed by atoms with Gasteiger partial charge in [0.2, 0.25) is 11.8 Å². The molecule has 2 amide bonds. The van der Waals surface area contributed by atoms with Crippen molar-refractivity contribution in [3.05, 3.63) is 55.4 Å². The molecule has 0 radical (unpaired) electrons. The molecular weight excluding hydrogens is 316 g/mol. The van der Waals surface area contributed by atoms with Gasteiger partial charge in [0.25, 0.3) is 0 Å². The number of aromatic nitrogens is 2. The zero-order valence-corrected chi connectivity index (χ0v) is 14.7. The molecule has 0 spiro atoms. The molecule has 0 aliphatic heterocycles. The summed E-state index contributed by atoms with van der Waals surface area (Å²) in [5.41, 5.74) is 1.65. The molecule has 2 aromatic rings. The number of fused-ring (bicyclic) bond motifs is 1. The maximum Gasteiger partial charge on any atom is 0.243 e. The second kappa shape index (κ2) is 8.28. The topological polar surface area (TPSA) is 67.2 Å². The van der Waals surface area contributed by atoms with Crippen LogP contribution in [0.1, 0.15) is 25.7 Å². The number of nitrogens with one attached hydrogen (secondary N) is 1. The van der Waals surface area contributed by atoms with Crippen LogP contribution in [0.2, 0.25) is 0 Å². The molecule has 0 saturated heterocycles. The van der Waals surface area contributed by atoms with E-state index in [1.807, 2.05) is 35.8 Å². The van der Waals surface area contributed by atoms with E-state index in [1.165, 1.54) is 6.92 Å². The predicted octanol–water partition coefficient (Wildman–Crippen LogP) is 2.43. The Balaban J connectivity index is 2.40. The van der Waals surface area contributed by atoms with E-state index < -0.39 is 0 Å². The third-order valence-corrected chi connectivity index (χ3v) is 3.84. The van der Waals surface area contributed by atoms with E-state index >= 15 is 0 Å². The number of amides is 2. The lowest BCUT2D eigenvalue weighted by molar-refractivity contribution is -0.130. The highest BCUT2D eigenvalue weighted by atomic mass is 16.2. The molecule has 0 bridgehead atoms. The maximum absolute atomic E-state index is 12.7. The average Bonchev–Trinajstić information content (AvgIpc) is 2.93. The molecule has 1 aromatic carbocycles. The lowest BCUT2D eigenvalue weighted by Gasteiger charge is -2.21. The summed E-state index contributed by atoms with van der Waals surface area (Å²) < 4.78 is 1.86. The molecule has 0 aliphatic carbocycles. The predicted molar refractivity (Wildman–Crippen MR) is 98.9 cm³/mol. The first-order valence-electron chi connectivity index (χ1n) is 8.19. The van der Waals surface area contributed by atoms with Crippen LogP contribution in [0.5, 0.6) is 0 Å². The zero-order chi connectivity index (χ0) is 18.4. The molecule has 6 heteroatoms. The first kappa shape index (κ1) is 18.4. The minimum Gasteiger partial charge on any atom is -0.347 e. The van der Waals surface area contributed by atoms with Crippen molar-refractivity contribution < 1.29 is 9.59 Å². The van der Waals surface area contributed by atoms with E-state index in [4.69, 9.17) is 0 Å². The number of carbonyl (C=O) groups excluding carboxylic acids is 2. The van der Waals surface area contributed by atoms with E-state index in [1.54, 1.807) is 17.1 Å². The fourth-order valence-corrected chi connectivity index (χ4v) is 2.79. The zero-order valence-electron chi connectivity index (χ0n) is 14.7. The summed E-state index contributed by atoms with van der Waals surface area (Å²) in [6.07, 6.45) is 3.38. The summed E-state index contributed by atoms with van der Waals surface area (Å²) in [7, 11) is 0. The van der Waals surface area contributed by atoms with Crippen LogP contribution in [0.3, 0.4) is 0 Å². The van der Waals surface area contributed by atoms with Crippen molar-refractivity contribution in [3.63, 3.8) is 0 Å². The monoisotopic (exact) mass is 340 g/mol. The first-order chi connectivity index (χ1) is 12.0. The Morgan fingerprint density at radius 1 is 1.28 bits per heavy atom. The van der Waals surface area contributed by atoms with Gasteiger partial charge in [-0.1, -0.05) is 24.3 Å². The number of imidazole rings is 1. The van der Waals surface area contributed by atoms with Crippen LogP contribution in [0.4, 0.5) is 0 Å². The van der Waals surface area contributed by atoms with Gasteiger partial charge >= 0.3 is 0 Å². The van der Waals surface area contributed by atoms with E-state index in [0.29, 0.717) is 18.9 Å². The number of para-hydroxylation sites is 2. The summed E-state index contributed by atoms with van der Waals surface area (Å²) >= 11 is 0. The molecular formula is C19H24N4O2. The Bertz CT molecular complexity index is 784. The van der Waals surface area contributed by atoms with Gasteiger partial charge in [0.15, 0.2) is 0 Å². The van der Waals surface area contributed by atoms with Crippen LogP contribution in [0, 0.1) is 0 Å². The summed E-state index contributed by atoms with van der Waals surface area (Å²) in [5.74, 6) is 0.457. The van der Waals surface area contributed by atoms with E-state index in [9.17, 15) is 9.59 Å². The van der Waals surface area contributed by atoms with Crippen LogP contribution < -0.4 is 5.32 Å². The van der Waals surface area contributed by atoms with Gasteiger partial charge in [0.1, 0.15) is 12.4 Å². The first-order valence-corrected chi connectivity index (χ1v) is 8.19. The normalized spacial score (nSPS) is 11.8. The Morgan fingerprint density at radius 2 is 1.92 bits per heavy atom. The van der Waals surface area contributed by atoms with Gasteiger partial charge in [-0.2, -0.15) is 0 Å². The maximum atomic E-state index is 12.7. The summed E-state index contributed by atoms with van der Waals surface area (Å²) in [6.45, 7) is 11.8. The van der Waals surface area contributed by atoms with Gasteiger partial charge in [-0.25, -0.2) is 4.98 Å². The van der Waals surface area contributed by atoms with Crippen LogP contribution in [-0.4, -0.2) is 39.4 Å². The SMILES string of the molecule is C=CCN(CC=C)C(=O)Cn1c(C(C)NC(C)=O)nc2ccccc21. The minimum absolute atomic E-state index is 0.0563. The molecule has 1 heterocycles. The molecule has 1 aromatic heterocycles. The fraction of sp³-hybridized carbons (Fsp3) is 0.316. The largest absolute Gasteiger partial charge is 0.347 e. The van der Waals surface area contributed by atoms with Gasteiger partial charge in [-0.15, -0.1) is 13.2 Å². The Hall–Kier alpha value is -2.89. The number of rotatable bonds is 8. The molecule has 0 fully saturated rings. The second-order valence-electron chi connectivity index (χ2n) is 5.84. The Labute approximate surface area is 147 Å². The Kier molecular flexibility index (Phi) is 6.11. The number of hydrogen-bond acceptors (Lipinski definition) is 3. The van der Waals surface area contributed by atoms with Crippen molar-refractivity contribution >= 4 is 22.8 Å². The van der Waals surface area contributed by atoms with Crippen molar-refractivity contribution in [2.75, 3.05) is 13.1 Å². The van der Waals surface area contributed by atoms with Crippen molar-refractivity contribution in [1.29, 1.82) is 0 Å². The summed E-state index contributed by atoms with van der Waals surface area (Å²) in [4.78, 5) is 30.4. The molecule has 1 atom stereocenters. The fourth-order valence-electron chi connectivity index (χ4n) is 2.79. The van der Waals surface area contributed by atoms with Crippen molar-refractivity contribution in [3.8, 4) is 0 Å². The standard InChI is InChI=1S/C19H24N4O2/c1-5-11-22(12-6-2)18(25)13-23-17-10-8-7-9-16(17)21-19(23)14(3)20-15(4)24/h5-10,14H,1-2,11-13H2,3-4H3,(H,20,24). The average molecular weight is 340 g/mol. The van der Waals surface area contributed by atoms with Gasteiger partial charge < -0.3 is 14.8 Å². The van der Waals surface area contributed by atoms with Crippen LogP contribution in [0.25, 0.3) is 11.0 Å². The molecule has 1 N–H and O–H groups in total. The molecule has 1 unspecified atom stereocenters. The van der Waals surface area contributed by atoms with E-state index in [2.05, 4.69) is 23.5 Å². The van der Waals surface area contributed by atoms with E-state index in [0.717, 1.165) is 11.0 Å². The molecule has 0 aliphatic rings. The number of hydrogen-bond donors (Lipinski definition) is 1. The van der Waals surface area contributed by atoms with Gasteiger partial charge in [-0.05, 0) is 19.1 Å². The molecule has 2 rings (SSSR count). The highest BCUT2D eigenvalue weighted by Crippen LogP contribution is 2.21. The quantitative estimate of drug-likeness (QED) is 0.751. The molecule has 6 nitrogen and oxygen atoms in total. The Morgan fingerprint density at radius 3 is 2.52 bits per heavy atom. The number of benzene rings is 1.